The summed E-state index contributed by atoms with van der Waals surface area (Å²) in [5.41, 5.74) is 2.68. The van der Waals surface area contributed by atoms with Crippen LogP contribution in [-0.2, 0) is 4.79 Å². The van der Waals surface area contributed by atoms with Crippen molar-refractivity contribution in [3.05, 3.63) is 64.7 Å². The second kappa shape index (κ2) is 8.97. The van der Waals surface area contributed by atoms with Gasteiger partial charge < -0.3 is 4.90 Å². The first-order chi connectivity index (χ1) is 14.5. The summed E-state index contributed by atoms with van der Waals surface area (Å²) < 4.78 is 0. The average molecular weight is 439 g/mol. The van der Waals surface area contributed by atoms with Crippen LogP contribution in [0.1, 0.15) is 40.2 Å². The predicted molar refractivity (Wildman–Crippen MR) is 122 cm³/mol. The van der Waals surface area contributed by atoms with E-state index in [2.05, 4.69) is 22.4 Å². The number of carbonyl (C=O) groups is 2. The smallest absolute Gasteiger partial charge is 0.258 e. The molecule has 3 aromatic rings. The van der Waals surface area contributed by atoms with Gasteiger partial charge in [-0.05, 0) is 36.9 Å². The van der Waals surface area contributed by atoms with Crippen molar-refractivity contribution in [2.24, 2.45) is 0 Å². The molecule has 0 aliphatic carbocycles. The zero-order valence-corrected chi connectivity index (χ0v) is 18.4. The molecular formula is C22H22N4O2S2. The van der Waals surface area contributed by atoms with Crippen LogP contribution in [-0.4, -0.2) is 34.3 Å². The molecule has 0 radical (unpaired) electrons. The number of hydrogen-bond acceptors (Lipinski definition) is 6. The van der Waals surface area contributed by atoms with Gasteiger partial charge in [0.1, 0.15) is 5.01 Å². The quantitative estimate of drug-likeness (QED) is 0.563. The van der Waals surface area contributed by atoms with E-state index in [0.29, 0.717) is 23.7 Å². The number of rotatable bonds is 6. The first-order valence-electron chi connectivity index (χ1n) is 9.78. The summed E-state index contributed by atoms with van der Waals surface area (Å²) >= 11 is 2.96. The van der Waals surface area contributed by atoms with Crippen LogP contribution in [0.25, 0.3) is 0 Å². The third-order valence-electron chi connectivity index (χ3n) is 4.91. The van der Waals surface area contributed by atoms with Crippen molar-refractivity contribution in [2.45, 2.75) is 31.1 Å². The Kier molecular flexibility index (Phi) is 6.15. The van der Waals surface area contributed by atoms with Gasteiger partial charge in [0.2, 0.25) is 11.0 Å². The third-order valence-corrected chi connectivity index (χ3v) is 6.87. The number of nitrogens with one attached hydrogen (secondary N) is 1. The van der Waals surface area contributed by atoms with Gasteiger partial charge in [0, 0.05) is 29.5 Å². The summed E-state index contributed by atoms with van der Waals surface area (Å²) in [6.07, 6.45) is 0.395. The van der Waals surface area contributed by atoms with Crippen molar-refractivity contribution in [3.63, 3.8) is 0 Å². The van der Waals surface area contributed by atoms with Crippen LogP contribution < -0.4 is 10.2 Å². The van der Waals surface area contributed by atoms with Crippen molar-refractivity contribution < 1.29 is 9.59 Å². The molecule has 2 aromatic carbocycles. The zero-order chi connectivity index (χ0) is 21.1. The Hall–Kier alpha value is -2.71. The molecule has 1 fully saturated rings. The normalized spacial score (nSPS) is 16.1. The van der Waals surface area contributed by atoms with Crippen molar-refractivity contribution >= 4 is 45.7 Å². The Morgan fingerprint density at radius 2 is 1.97 bits per heavy atom. The van der Waals surface area contributed by atoms with E-state index in [1.54, 1.807) is 16.7 Å². The lowest BCUT2D eigenvalue weighted by molar-refractivity contribution is -0.117. The molecule has 1 aliphatic rings. The minimum Gasteiger partial charge on any atom is -0.312 e. The van der Waals surface area contributed by atoms with E-state index in [4.69, 9.17) is 0 Å². The Morgan fingerprint density at radius 3 is 2.73 bits per heavy atom. The van der Waals surface area contributed by atoms with E-state index in [-0.39, 0.29) is 17.7 Å². The van der Waals surface area contributed by atoms with Crippen LogP contribution in [0.5, 0.6) is 0 Å². The van der Waals surface area contributed by atoms with Crippen molar-refractivity contribution in [2.75, 3.05) is 22.5 Å². The minimum absolute atomic E-state index is 0.0233. The van der Waals surface area contributed by atoms with Gasteiger partial charge in [-0.1, -0.05) is 48.1 Å². The number of carbonyl (C=O) groups excluding carboxylic acids is 2. The Morgan fingerprint density at radius 1 is 1.20 bits per heavy atom. The standard InChI is InChI=1S/C22H22N4O2S2/c1-3-29-18-7-5-4-6-17(18)20(28)23-22-25-24-21(30-22)15-12-19(27)26(13-15)16-10-8-14(2)9-11-16/h4-11,15H,3,12-13H2,1-2H3,(H,23,25,28). The fourth-order valence-corrected chi connectivity index (χ4v) is 5.03. The SMILES string of the molecule is CCSc1ccccc1C(=O)Nc1nnc(C2CC(=O)N(c3ccc(C)cc3)C2)s1. The highest BCUT2D eigenvalue weighted by atomic mass is 32.2. The lowest BCUT2D eigenvalue weighted by Gasteiger charge is -2.16. The molecule has 1 N–H and O–H groups in total. The van der Waals surface area contributed by atoms with Crippen LogP contribution in [0.15, 0.2) is 53.4 Å². The molecule has 4 rings (SSSR count). The molecule has 30 heavy (non-hydrogen) atoms. The fraction of sp³-hybridized carbons (Fsp3) is 0.273. The Bertz CT molecular complexity index is 1070. The molecule has 2 heterocycles. The molecule has 0 saturated carbocycles. The molecular weight excluding hydrogens is 416 g/mol. The highest BCUT2D eigenvalue weighted by molar-refractivity contribution is 7.99. The number of amides is 2. The fourth-order valence-electron chi connectivity index (χ4n) is 3.40. The van der Waals surface area contributed by atoms with Gasteiger partial charge in [0.25, 0.3) is 5.91 Å². The first-order valence-corrected chi connectivity index (χ1v) is 11.6. The minimum atomic E-state index is -0.196. The number of aryl methyl sites for hydroxylation is 1. The maximum Gasteiger partial charge on any atom is 0.258 e. The van der Waals surface area contributed by atoms with Crippen LogP contribution in [0.2, 0.25) is 0 Å². The number of thioether (sulfide) groups is 1. The summed E-state index contributed by atoms with van der Waals surface area (Å²) in [7, 11) is 0. The Labute approximate surface area is 183 Å². The second-order valence-electron chi connectivity index (χ2n) is 7.07. The van der Waals surface area contributed by atoms with E-state index in [0.717, 1.165) is 26.9 Å². The van der Waals surface area contributed by atoms with E-state index in [1.807, 2.05) is 55.5 Å². The monoisotopic (exact) mass is 438 g/mol. The van der Waals surface area contributed by atoms with Gasteiger partial charge >= 0.3 is 0 Å². The topological polar surface area (TPSA) is 75.2 Å². The van der Waals surface area contributed by atoms with Crippen LogP contribution in [0.3, 0.4) is 0 Å². The van der Waals surface area contributed by atoms with E-state index in [9.17, 15) is 9.59 Å². The largest absolute Gasteiger partial charge is 0.312 e. The molecule has 0 bridgehead atoms. The molecule has 1 aliphatic heterocycles. The third kappa shape index (κ3) is 4.39. The van der Waals surface area contributed by atoms with Gasteiger partial charge in [-0.15, -0.1) is 22.0 Å². The van der Waals surface area contributed by atoms with Gasteiger partial charge in [-0.2, -0.15) is 0 Å². The van der Waals surface area contributed by atoms with Crippen LogP contribution in [0, 0.1) is 6.92 Å². The molecule has 1 aromatic heterocycles. The van der Waals surface area contributed by atoms with E-state index < -0.39 is 0 Å². The van der Waals surface area contributed by atoms with Gasteiger partial charge in [0.05, 0.1) is 5.56 Å². The van der Waals surface area contributed by atoms with Gasteiger partial charge in [-0.3, -0.25) is 14.9 Å². The highest BCUT2D eigenvalue weighted by Gasteiger charge is 2.34. The first kappa shape index (κ1) is 20.6. The zero-order valence-electron chi connectivity index (χ0n) is 16.8. The highest BCUT2D eigenvalue weighted by Crippen LogP contribution is 2.34. The van der Waals surface area contributed by atoms with Gasteiger partial charge in [0.15, 0.2) is 0 Å². The predicted octanol–water partition coefficient (Wildman–Crippen LogP) is 4.73. The summed E-state index contributed by atoms with van der Waals surface area (Å²) in [6, 6.07) is 15.5. The van der Waals surface area contributed by atoms with Gasteiger partial charge in [-0.25, -0.2) is 0 Å². The maximum absolute atomic E-state index is 12.7. The van der Waals surface area contributed by atoms with Crippen LogP contribution >= 0.6 is 23.1 Å². The molecule has 2 amide bonds. The van der Waals surface area contributed by atoms with E-state index in [1.165, 1.54) is 11.3 Å². The Balaban J connectivity index is 1.45. The number of aromatic nitrogens is 2. The van der Waals surface area contributed by atoms with Crippen molar-refractivity contribution in [1.82, 2.24) is 10.2 Å². The lowest BCUT2D eigenvalue weighted by Crippen LogP contribution is -2.24. The van der Waals surface area contributed by atoms with Crippen molar-refractivity contribution in [1.29, 1.82) is 0 Å². The molecule has 8 heteroatoms. The number of anilines is 2. The van der Waals surface area contributed by atoms with Crippen LogP contribution in [0.4, 0.5) is 10.8 Å². The maximum atomic E-state index is 12.7. The molecule has 1 saturated heterocycles. The summed E-state index contributed by atoms with van der Waals surface area (Å²) in [5.74, 6) is 0.749. The number of benzene rings is 2. The number of hydrogen-bond donors (Lipinski definition) is 1. The molecule has 6 nitrogen and oxygen atoms in total. The summed E-state index contributed by atoms with van der Waals surface area (Å²) in [5, 5.41) is 12.5. The molecule has 1 atom stereocenters. The second-order valence-corrected chi connectivity index (χ2v) is 9.38. The molecule has 1 unspecified atom stereocenters. The molecule has 154 valence electrons. The van der Waals surface area contributed by atoms with Crippen molar-refractivity contribution in [3.8, 4) is 0 Å². The van der Waals surface area contributed by atoms with E-state index >= 15 is 0 Å². The summed E-state index contributed by atoms with van der Waals surface area (Å²) in [6.45, 7) is 4.65. The molecule has 0 spiro atoms. The lowest BCUT2D eigenvalue weighted by atomic mass is 10.1. The summed E-state index contributed by atoms with van der Waals surface area (Å²) in [4.78, 5) is 28.0. The number of nitrogens with zero attached hydrogens (tertiary/aromatic N) is 3. The average Bonchev–Trinajstić information content (AvgIpc) is 3.36.